The van der Waals surface area contributed by atoms with Gasteiger partial charge in [-0.3, -0.25) is 0 Å². The lowest BCUT2D eigenvalue weighted by molar-refractivity contribution is 0.414. The largest absolute Gasteiger partial charge is 0.497 e. The van der Waals surface area contributed by atoms with E-state index in [-0.39, 0.29) is 0 Å². The minimum absolute atomic E-state index is 0.693. The van der Waals surface area contributed by atoms with Gasteiger partial charge in [-0.05, 0) is 37.1 Å². The molecule has 2 aromatic heterocycles. The van der Waals surface area contributed by atoms with Crippen molar-refractivity contribution in [2.24, 2.45) is 0 Å². The molecule has 5 nitrogen and oxygen atoms in total. The Balaban J connectivity index is 2.03. The Hall–Kier alpha value is -2.56. The lowest BCUT2D eigenvalue weighted by Crippen LogP contribution is -2.07. The fraction of sp³-hybridized carbons (Fsp3) is 0.368. The molecule has 2 heterocycles. The lowest BCUT2D eigenvalue weighted by Gasteiger charge is -2.10. The molecule has 0 aliphatic rings. The molecular formula is C19H24N4O. The molecule has 2 N–H and O–H groups in total. The first-order valence-corrected chi connectivity index (χ1v) is 8.37. The molecule has 5 heteroatoms. The molecule has 0 atom stereocenters. The summed E-state index contributed by atoms with van der Waals surface area (Å²) in [5.41, 5.74) is 10.5. The number of aromatic nitrogens is 3. The van der Waals surface area contributed by atoms with E-state index in [1.54, 1.807) is 7.11 Å². The van der Waals surface area contributed by atoms with Crippen LogP contribution in [0.4, 0.5) is 5.69 Å². The van der Waals surface area contributed by atoms with E-state index in [2.05, 4.69) is 28.6 Å². The number of hydrogen-bond acceptors (Lipinski definition) is 4. The van der Waals surface area contributed by atoms with E-state index in [1.807, 2.05) is 25.1 Å². The Labute approximate surface area is 142 Å². The van der Waals surface area contributed by atoms with E-state index in [1.165, 1.54) is 5.56 Å². The Kier molecular flexibility index (Phi) is 4.69. The second-order valence-electron chi connectivity index (χ2n) is 6.07. The highest BCUT2D eigenvalue weighted by molar-refractivity contribution is 5.76. The smallest absolute Gasteiger partial charge is 0.160 e. The molecule has 1 aromatic carbocycles. The predicted molar refractivity (Wildman–Crippen MR) is 97.4 cm³/mol. The second-order valence-corrected chi connectivity index (χ2v) is 6.07. The molecule has 24 heavy (non-hydrogen) atoms. The molecule has 3 rings (SSSR count). The van der Waals surface area contributed by atoms with Crippen molar-refractivity contribution in [2.45, 2.75) is 39.7 Å². The average molecular weight is 324 g/mol. The molecule has 0 radical (unpaired) electrons. The topological polar surface area (TPSA) is 66.0 Å². The highest BCUT2D eigenvalue weighted by atomic mass is 16.5. The van der Waals surface area contributed by atoms with Crippen molar-refractivity contribution in [3.63, 3.8) is 0 Å². The van der Waals surface area contributed by atoms with Gasteiger partial charge in [0, 0.05) is 6.42 Å². The van der Waals surface area contributed by atoms with Gasteiger partial charge in [0.05, 0.1) is 25.0 Å². The van der Waals surface area contributed by atoms with Crippen LogP contribution >= 0.6 is 0 Å². The molecule has 0 aliphatic heterocycles. The molecule has 0 fully saturated rings. The number of pyridine rings is 1. The zero-order chi connectivity index (χ0) is 17.1. The van der Waals surface area contributed by atoms with E-state index in [0.717, 1.165) is 54.2 Å². The number of aryl methyl sites for hydroxylation is 2. The van der Waals surface area contributed by atoms with Gasteiger partial charge in [0.25, 0.3) is 0 Å². The Morgan fingerprint density at radius 2 is 1.92 bits per heavy atom. The van der Waals surface area contributed by atoms with Crippen molar-refractivity contribution in [1.82, 2.24) is 14.5 Å². The SMILES string of the molecule is CCCCc1nc2cc(N)c(C)nc2n1Cc1ccc(OC)cc1. The van der Waals surface area contributed by atoms with Crippen LogP contribution in [-0.2, 0) is 13.0 Å². The first-order valence-electron chi connectivity index (χ1n) is 8.37. The molecule has 0 spiro atoms. The van der Waals surface area contributed by atoms with Crippen LogP contribution in [0.5, 0.6) is 5.75 Å². The minimum Gasteiger partial charge on any atom is -0.497 e. The van der Waals surface area contributed by atoms with Gasteiger partial charge in [-0.25, -0.2) is 9.97 Å². The summed E-state index contributed by atoms with van der Waals surface area (Å²) in [7, 11) is 1.68. The zero-order valence-electron chi connectivity index (χ0n) is 14.5. The fourth-order valence-electron chi connectivity index (χ4n) is 2.80. The van der Waals surface area contributed by atoms with E-state index in [4.69, 9.17) is 15.5 Å². The first kappa shape index (κ1) is 16.3. The number of unbranched alkanes of at least 4 members (excludes halogenated alkanes) is 1. The van der Waals surface area contributed by atoms with Crippen molar-refractivity contribution in [1.29, 1.82) is 0 Å². The summed E-state index contributed by atoms with van der Waals surface area (Å²) in [4.78, 5) is 9.46. The number of methoxy groups -OCH3 is 1. The Morgan fingerprint density at radius 3 is 2.58 bits per heavy atom. The second kappa shape index (κ2) is 6.91. The summed E-state index contributed by atoms with van der Waals surface area (Å²) >= 11 is 0. The minimum atomic E-state index is 0.693. The van der Waals surface area contributed by atoms with Gasteiger partial charge in [-0.1, -0.05) is 25.5 Å². The van der Waals surface area contributed by atoms with E-state index >= 15 is 0 Å². The number of benzene rings is 1. The number of nitrogen functional groups attached to an aromatic ring is 1. The normalized spacial score (nSPS) is 11.1. The molecule has 0 unspecified atom stereocenters. The first-order chi connectivity index (χ1) is 11.6. The van der Waals surface area contributed by atoms with Crippen molar-refractivity contribution < 1.29 is 4.74 Å². The highest BCUT2D eigenvalue weighted by Gasteiger charge is 2.14. The van der Waals surface area contributed by atoms with E-state index in [0.29, 0.717) is 5.69 Å². The van der Waals surface area contributed by atoms with Crippen LogP contribution in [0.15, 0.2) is 30.3 Å². The van der Waals surface area contributed by atoms with Crippen LogP contribution in [0.2, 0.25) is 0 Å². The number of rotatable bonds is 6. The van der Waals surface area contributed by atoms with Gasteiger partial charge in [0.2, 0.25) is 0 Å². The van der Waals surface area contributed by atoms with E-state index in [9.17, 15) is 0 Å². The summed E-state index contributed by atoms with van der Waals surface area (Å²) in [6.07, 6.45) is 3.20. The van der Waals surface area contributed by atoms with Crippen LogP contribution in [0.3, 0.4) is 0 Å². The number of fused-ring (bicyclic) bond motifs is 1. The number of ether oxygens (including phenoxy) is 1. The number of nitrogens with two attached hydrogens (primary N) is 1. The van der Waals surface area contributed by atoms with Crippen LogP contribution in [0.25, 0.3) is 11.2 Å². The Morgan fingerprint density at radius 1 is 1.17 bits per heavy atom. The number of hydrogen-bond donors (Lipinski definition) is 1. The van der Waals surface area contributed by atoms with E-state index < -0.39 is 0 Å². The molecule has 0 bridgehead atoms. The molecule has 3 aromatic rings. The highest BCUT2D eigenvalue weighted by Crippen LogP contribution is 2.22. The van der Waals surface area contributed by atoms with Gasteiger partial charge in [-0.15, -0.1) is 0 Å². The lowest BCUT2D eigenvalue weighted by atomic mass is 10.2. The molecule has 0 amide bonds. The number of anilines is 1. The summed E-state index contributed by atoms with van der Waals surface area (Å²) in [5, 5.41) is 0. The summed E-state index contributed by atoms with van der Waals surface area (Å²) < 4.78 is 7.44. The third-order valence-corrected chi connectivity index (χ3v) is 4.28. The molecule has 126 valence electrons. The van der Waals surface area contributed by atoms with Crippen LogP contribution in [-0.4, -0.2) is 21.6 Å². The molecular weight excluding hydrogens is 300 g/mol. The van der Waals surface area contributed by atoms with Crippen molar-refractivity contribution in [3.05, 3.63) is 47.4 Å². The average Bonchev–Trinajstić information content (AvgIpc) is 2.91. The number of nitrogens with zero attached hydrogens (tertiary/aromatic N) is 3. The quantitative estimate of drug-likeness (QED) is 0.750. The zero-order valence-corrected chi connectivity index (χ0v) is 14.5. The maximum absolute atomic E-state index is 6.00. The van der Waals surface area contributed by atoms with Crippen LogP contribution in [0, 0.1) is 6.92 Å². The maximum atomic E-state index is 6.00. The van der Waals surface area contributed by atoms with Gasteiger partial charge in [-0.2, -0.15) is 0 Å². The monoisotopic (exact) mass is 324 g/mol. The number of imidazole rings is 1. The van der Waals surface area contributed by atoms with Gasteiger partial charge in [0.15, 0.2) is 5.65 Å². The standard InChI is InChI=1S/C19H24N4O/c1-4-5-6-18-22-17-11-16(20)13(2)21-19(17)23(18)12-14-7-9-15(24-3)10-8-14/h7-11H,4-6,12,20H2,1-3H3. The third-order valence-electron chi connectivity index (χ3n) is 4.28. The molecule has 0 aliphatic carbocycles. The summed E-state index contributed by atoms with van der Waals surface area (Å²) in [5.74, 6) is 1.93. The molecule has 0 saturated heterocycles. The fourth-order valence-corrected chi connectivity index (χ4v) is 2.80. The van der Waals surface area contributed by atoms with Crippen molar-refractivity contribution in [3.8, 4) is 5.75 Å². The predicted octanol–water partition coefficient (Wildman–Crippen LogP) is 3.72. The maximum Gasteiger partial charge on any atom is 0.160 e. The van der Waals surface area contributed by atoms with Gasteiger partial charge in [0.1, 0.15) is 17.1 Å². The van der Waals surface area contributed by atoms with Gasteiger partial charge >= 0.3 is 0 Å². The Bertz CT molecular complexity index is 837. The third kappa shape index (κ3) is 3.20. The van der Waals surface area contributed by atoms with Gasteiger partial charge < -0.3 is 15.0 Å². The molecule has 0 saturated carbocycles. The van der Waals surface area contributed by atoms with Crippen molar-refractivity contribution in [2.75, 3.05) is 12.8 Å². The summed E-state index contributed by atoms with van der Waals surface area (Å²) in [6.45, 7) is 4.87. The van der Waals surface area contributed by atoms with Crippen LogP contribution in [0.1, 0.15) is 36.8 Å². The summed E-state index contributed by atoms with van der Waals surface area (Å²) in [6, 6.07) is 10.1. The van der Waals surface area contributed by atoms with Crippen LogP contribution < -0.4 is 10.5 Å². The van der Waals surface area contributed by atoms with Crippen molar-refractivity contribution >= 4 is 16.9 Å².